The molecule has 122 valence electrons. The molecule has 1 aromatic carbocycles. The standard InChI is InChI=1S/C17H20ClN3O2/c1-2-3-16-15(17(22)20-8-10-23-11-9-20)12-19-21(16)14-6-4-13(18)5-7-14/h4-7,12H,2-3,8-11H2,1H3. The molecule has 0 bridgehead atoms. The van der Waals surface area contributed by atoms with Crippen molar-refractivity contribution in [2.75, 3.05) is 26.3 Å². The van der Waals surface area contributed by atoms with Crippen molar-refractivity contribution < 1.29 is 9.53 Å². The summed E-state index contributed by atoms with van der Waals surface area (Å²) in [6.07, 6.45) is 3.42. The van der Waals surface area contributed by atoms with Crippen LogP contribution in [0, 0.1) is 0 Å². The lowest BCUT2D eigenvalue weighted by atomic mass is 10.1. The van der Waals surface area contributed by atoms with Gasteiger partial charge in [-0.2, -0.15) is 5.10 Å². The van der Waals surface area contributed by atoms with E-state index >= 15 is 0 Å². The van der Waals surface area contributed by atoms with Gasteiger partial charge in [0.05, 0.1) is 36.4 Å². The van der Waals surface area contributed by atoms with Crippen LogP contribution >= 0.6 is 11.6 Å². The first-order chi connectivity index (χ1) is 11.2. The number of hydrogen-bond acceptors (Lipinski definition) is 3. The van der Waals surface area contributed by atoms with E-state index in [0.717, 1.165) is 24.2 Å². The molecule has 1 amide bonds. The van der Waals surface area contributed by atoms with Crippen molar-refractivity contribution in [3.05, 3.63) is 46.7 Å². The van der Waals surface area contributed by atoms with E-state index in [4.69, 9.17) is 16.3 Å². The van der Waals surface area contributed by atoms with Gasteiger partial charge in [0, 0.05) is 18.1 Å². The monoisotopic (exact) mass is 333 g/mol. The van der Waals surface area contributed by atoms with Crippen LogP contribution in [-0.2, 0) is 11.2 Å². The van der Waals surface area contributed by atoms with Crippen molar-refractivity contribution in [1.82, 2.24) is 14.7 Å². The lowest BCUT2D eigenvalue weighted by Gasteiger charge is -2.26. The van der Waals surface area contributed by atoms with E-state index in [1.165, 1.54) is 0 Å². The summed E-state index contributed by atoms with van der Waals surface area (Å²) in [4.78, 5) is 14.6. The minimum atomic E-state index is 0.0389. The Hall–Kier alpha value is -1.85. The highest BCUT2D eigenvalue weighted by Crippen LogP contribution is 2.20. The molecule has 1 fully saturated rings. The molecule has 0 N–H and O–H groups in total. The minimum Gasteiger partial charge on any atom is -0.378 e. The van der Waals surface area contributed by atoms with Crippen LogP contribution in [0.3, 0.4) is 0 Å². The number of hydrogen-bond donors (Lipinski definition) is 0. The molecule has 1 saturated heterocycles. The largest absolute Gasteiger partial charge is 0.378 e. The molecule has 0 radical (unpaired) electrons. The zero-order chi connectivity index (χ0) is 16.2. The van der Waals surface area contributed by atoms with E-state index in [1.807, 2.05) is 33.8 Å². The SMILES string of the molecule is CCCc1c(C(=O)N2CCOCC2)cnn1-c1ccc(Cl)cc1. The van der Waals surface area contributed by atoms with Gasteiger partial charge < -0.3 is 9.64 Å². The molecule has 0 unspecified atom stereocenters. The molecular weight excluding hydrogens is 314 g/mol. The maximum atomic E-state index is 12.8. The van der Waals surface area contributed by atoms with Gasteiger partial charge in [0.15, 0.2) is 0 Å². The van der Waals surface area contributed by atoms with Crippen molar-refractivity contribution in [2.24, 2.45) is 0 Å². The molecule has 6 heteroatoms. The molecule has 3 rings (SSSR count). The zero-order valence-corrected chi connectivity index (χ0v) is 13.9. The average Bonchev–Trinajstić information content (AvgIpc) is 3.00. The second kappa shape index (κ2) is 7.15. The van der Waals surface area contributed by atoms with Gasteiger partial charge in [-0.25, -0.2) is 4.68 Å². The zero-order valence-electron chi connectivity index (χ0n) is 13.2. The Kier molecular flexibility index (Phi) is 4.98. The Morgan fingerprint density at radius 2 is 1.96 bits per heavy atom. The Labute approximate surface area is 140 Å². The van der Waals surface area contributed by atoms with E-state index in [-0.39, 0.29) is 5.91 Å². The highest BCUT2D eigenvalue weighted by Gasteiger charge is 2.24. The van der Waals surface area contributed by atoms with Gasteiger partial charge in [0.1, 0.15) is 0 Å². The summed E-state index contributed by atoms with van der Waals surface area (Å²) in [5, 5.41) is 5.13. The van der Waals surface area contributed by atoms with Crippen LogP contribution in [0.25, 0.3) is 5.69 Å². The summed E-state index contributed by atoms with van der Waals surface area (Å²) in [5.41, 5.74) is 2.55. The summed E-state index contributed by atoms with van der Waals surface area (Å²) in [6, 6.07) is 7.49. The van der Waals surface area contributed by atoms with Crippen molar-refractivity contribution in [2.45, 2.75) is 19.8 Å². The Balaban J connectivity index is 1.94. The van der Waals surface area contributed by atoms with Gasteiger partial charge in [-0.1, -0.05) is 24.9 Å². The molecule has 1 aliphatic rings. The molecule has 1 aromatic heterocycles. The second-order valence-electron chi connectivity index (χ2n) is 5.55. The number of amides is 1. The quantitative estimate of drug-likeness (QED) is 0.864. The summed E-state index contributed by atoms with van der Waals surface area (Å²) < 4.78 is 7.16. The third-order valence-corrected chi connectivity index (χ3v) is 4.21. The number of aromatic nitrogens is 2. The molecule has 1 aliphatic heterocycles. The maximum absolute atomic E-state index is 12.8. The highest BCUT2D eigenvalue weighted by molar-refractivity contribution is 6.30. The highest BCUT2D eigenvalue weighted by atomic mass is 35.5. The fraction of sp³-hybridized carbons (Fsp3) is 0.412. The van der Waals surface area contributed by atoms with Crippen molar-refractivity contribution in [3.8, 4) is 5.69 Å². The lowest BCUT2D eigenvalue weighted by Crippen LogP contribution is -2.40. The van der Waals surface area contributed by atoms with Gasteiger partial charge in [0.2, 0.25) is 0 Å². The fourth-order valence-electron chi connectivity index (χ4n) is 2.77. The Morgan fingerprint density at radius 1 is 1.26 bits per heavy atom. The number of nitrogens with zero attached hydrogens (tertiary/aromatic N) is 3. The van der Waals surface area contributed by atoms with E-state index in [9.17, 15) is 4.79 Å². The molecule has 0 atom stereocenters. The minimum absolute atomic E-state index is 0.0389. The van der Waals surface area contributed by atoms with Gasteiger partial charge in [-0.15, -0.1) is 0 Å². The predicted octanol–water partition coefficient (Wildman–Crippen LogP) is 2.95. The van der Waals surface area contributed by atoms with Crippen LogP contribution in [0.1, 0.15) is 29.4 Å². The molecule has 0 spiro atoms. The Bertz CT molecular complexity index is 676. The van der Waals surface area contributed by atoms with Crippen LogP contribution < -0.4 is 0 Å². The number of carbonyl (C=O) groups excluding carboxylic acids is 1. The topological polar surface area (TPSA) is 47.4 Å². The van der Waals surface area contributed by atoms with E-state index < -0.39 is 0 Å². The first-order valence-electron chi connectivity index (χ1n) is 7.90. The van der Waals surface area contributed by atoms with Gasteiger partial charge in [-0.05, 0) is 30.7 Å². The number of benzene rings is 1. The molecule has 0 aliphatic carbocycles. The number of ether oxygens (including phenoxy) is 1. The van der Waals surface area contributed by atoms with Crippen molar-refractivity contribution >= 4 is 17.5 Å². The van der Waals surface area contributed by atoms with E-state index in [0.29, 0.717) is 36.9 Å². The summed E-state index contributed by atoms with van der Waals surface area (Å²) in [5.74, 6) is 0.0389. The molecule has 2 heterocycles. The van der Waals surface area contributed by atoms with Crippen molar-refractivity contribution in [3.63, 3.8) is 0 Å². The fourth-order valence-corrected chi connectivity index (χ4v) is 2.90. The van der Waals surface area contributed by atoms with Crippen LogP contribution in [0.2, 0.25) is 5.02 Å². The maximum Gasteiger partial charge on any atom is 0.257 e. The third kappa shape index (κ3) is 3.41. The summed E-state index contributed by atoms with van der Waals surface area (Å²) in [7, 11) is 0. The lowest BCUT2D eigenvalue weighted by molar-refractivity contribution is 0.0302. The van der Waals surface area contributed by atoms with E-state index in [2.05, 4.69) is 12.0 Å². The molecule has 23 heavy (non-hydrogen) atoms. The third-order valence-electron chi connectivity index (χ3n) is 3.96. The van der Waals surface area contributed by atoms with Crippen LogP contribution in [-0.4, -0.2) is 46.9 Å². The number of morpholine rings is 1. The van der Waals surface area contributed by atoms with Crippen LogP contribution in [0.5, 0.6) is 0 Å². The first-order valence-corrected chi connectivity index (χ1v) is 8.28. The first kappa shape index (κ1) is 16.0. The predicted molar refractivity (Wildman–Crippen MR) is 89.3 cm³/mol. The Morgan fingerprint density at radius 3 is 2.61 bits per heavy atom. The normalized spacial score (nSPS) is 15.0. The van der Waals surface area contributed by atoms with Gasteiger partial charge in [-0.3, -0.25) is 4.79 Å². The molecule has 0 saturated carbocycles. The van der Waals surface area contributed by atoms with Crippen molar-refractivity contribution in [1.29, 1.82) is 0 Å². The van der Waals surface area contributed by atoms with Gasteiger partial charge in [0.25, 0.3) is 5.91 Å². The van der Waals surface area contributed by atoms with Crippen LogP contribution in [0.15, 0.2) is 30.5 Å². The average molecular weight is 334 g/mol. The molecule has 5 nitrogen and oxygen atoms in total. The second-order valence-corrected chi connectivity index (χ2v) is 5.98. The number of rotatable bonds is 4. The molecular formula is C17H20ClN3O2. The summed E-state index contributed by atoms with van der Waals surface area (Å²) in [6.45, 7) is 4.57. The van der Waals surface area contributed by atoms with Crippen LogP contribution in [0.4, 0.5) is 0 Å². The number of halogens is 1. The summed E-state index contributed by atoms with van der Waals surface area (Å²) >= 11 is 5.95. The smallest absolute Gasteiger partial charge is 0.257 e. The van der Waals surface area contributed by atoms with E-state index in [1.54, 1.807) is 6.20 Å². The van der Waals surface area contributed by atoms with Gasteiger partial charge >= 0.3 is 0 Å². The number of carbonyl (C=O) groups is 1. The molecule has 2 aromatic rings.